The maximum absolute atomic E-state index is 5.96. The average Bonchev–Trinajstić information content (AvgIpc) is 2.86. The summed E-state index contributed by atoms with van der Waals surface area (Å²) < 4.78 is 5.96. The van der Waals surface area contributed by atoms with Crippen molar-refractivity contribution in [1.29, 1.82) is 0 Å². The molecule has 1 saturated carbocycles. The summed E-state index contributed by atoms with van der Waals surface area (Å²) in [5.74, 6) is 1.91. The van der Waals surface area contributed by atoms with E-state index in [0.717, 1.165) is 11.8 Å². The smallest absolute Gasteiger partial charge is 0.0735 e. The van der Waals surface area contributed by atoms with Crippen LogP contribution >= 0.6 is 0 Å². The predicted molar refractivity (Wildman–Crippen MR) is 56.2 cm³/mol. The summed E-state index contributed by atoms with van der Waals surface area (Å²) in [5.41, 5.74) is 0. The second-order valence-electron chi connectivity index (χ2n) is 5.47. The minimum atomic E-state index is 0.519. The molecule has 80 valence electrons. The Labute approximate surface area is 86.6 Å². The van der Waals surface area contributed by atoms with Crippen molar-refractivity contribution < 1.29 is 4.74 Å². The molecule has 0 aromatic heterocycles. The topological polar surface area (TPSA) is 12.5 Å². The van der Waals surface area contributed by atoms with E-state index in [1.165, 1.54) is 45.3 Å². The molecular weight excluding hydrogens is 174 g/mol. The van der Waals surface area contributed by atoms with Crippen LogP contribution < -0.4 is 0 Å². The monoisotopic (exact) mass is 195 g/mol. The molecule has 2 heteroatoms. The second kappa shape index (κ2) is 3.49. The summed E-state index contributed by atoms with van der Waals surface area (Å²) in [6, 6.07) is 0. The van der Waals surface area contributed by atoms with Crippen LogP contribution in [0.3, 0.4) is 0 Å². The van der Waals surface area contributed by atoms with Crippen molar-refractivity contribution in [3.05, 3.63) is 0 Å². The molecular formula is C12H21NO. The molecule has 0 unspecified atom stereocenters. The fraction of sp³-hybridized carbons (Fsp3) is 1.00. The van der Waals surface area contributed by atoms with Crippen LogP contribution in [0.15, 0.2) is 0 Å². The van der Waals surface area contributed by atoms with Crippen LogP contribution in [-0.2, 0) is 4.74 Å². The van der Waals surface area contributed by atoms with E-state index in [9.17, 15) is 0 Å². The van der Waals surface area contributed by atoms with Crippen LogP contribution in [0.1, 0.15) is 32.6 Å². The zero-order valence-corrected chi connectivity index (χ0v) is 9.11. The van der Waals surface area contributed by atoms with Gasteiger partial charge in [0.2, 0.25) is 0 Å². The van der Waals surface area contributed by atoms with E-state index < -0.39 is 0 Å². The van der Waals surface area contributed by atoms with Gasteiger partial charge in [0, 0.05) is 13.1 Å². The van der Waals surface area contributed by atoms with Crippen molar-refractivity contribution >= 4 is 0 Å². The summed E-state index contributed by atoms with van der Waals surface area (Å²) in [7, 11) is 0. The van der Waals surface area contributed by atoms with Crippen LogP contribution in [0.2, 0.25) is 0 Å². The number of piperidine rings is 1. The maximum atomic E-state index is 5.96. The maximum Gasteiger partial charge on any atom is 0.0735 e. The first-order valence-corrected chi connectivity index (χ1v) is 6.19. The van der Waals surface area contributed by atoms with Crippen molar-refractivity contribution in [3.8, 4) is 0 Å². The highest BCUT2D eigenvalue weighted by molar-refractivity contribution is 4.89. The molecule has 3 atom stereocenters. The molecule has 2 aliphatic heterocycles. The molecule has 2 saturated heterocycles. The summed E-state index contributed by atoms with van der Waals surface area (Å²) >= 11 is 0. The average molecular weight is 195 g/mol. The third-order valence-corrected chi connectivity index (χ3v) is 4.04. The highest BCUT2D eigenvalue weighted by Gasteiger charge is 2.38. The van der Waals surface area contributed by atoms with Crippen molar-refractivity contribution in [3.63, 3.8) is 0 Å². The van der Waals surface area contributed by atoms with E-state index in [1.807, 2.05) is 0 Å². The molecule has 3 fully saturated rings. The third-order valence-electron chi connectivity index (χ3n) is 4.04. The largest absolute Gasteiger partial charge is 0.374 e. The van der Waals surface area contributed by atoms with Crippen molar-refractivity contribution in [2.24, 2.45) is 11.8 Å². The number of nitrogens with zero attached hydrogens (tertiary/aromatic N) is 1. The van der Waals surface area contributed by atoms with Crippen molar-refractivity contribution in [2.75, 3.05) is 19.6 Å². The van der Waals surface area contributed by atoms with Gasteiger partial charge in [0.05, 0.1) is 12.2 Å². The Morgan fingerprint density at radius 2 is 2.14 bits per heavy atom. The standard InChI is InChI=1S/C12H21NO/c1-9-6-11-4-5-13(7-10-2-3-10)8-12(11)14-9/h9-12H,2-8H2,1H3/t9-,11-,12+/m0/s1. The van der Waals surface area contributed by atoms with Gasteiger partial charge in [0.25, 0.3) is 0 Å². The van der Waals surface area contributed by atoms with Gasteiger partial charge in [-0.3, -0.25) is 0 Å². The Morgan fingerprint density at radius 3 is 2.93 bits per heavy atom. The molecule has 0 amide bonds. The summed E-state index contributed by atoms with van der Waals surface area (Å²) in [5, 5.41) is 0. The SMILES string of the molecule is C[C@H]1C[C@@H]2CCN(CC3CC3)C[C@H]2O1. The van der Waals surface area contributed by atoms with Crippen LogP contribution in [0.4, 0.5) is 0 Å². The Morgan fingerprint density at radius 1 is 1.29 bits per heavy atom. The number of rotatable bonds is 2. The van der Waals surface area contributed by atoms with Crippen molar-refractivity contribution in [2.45, 2.75) is 44.8 Å². The summed E-state index contributed by atoms with van der Waals surface area (Å²) in [4.78, 5) is 2.64. The van der Waals surface area contributed by atoms with E-state index in [1.54, 1.807) is 0 Å². The van der Waals surface area contributed by atoms with Crippen LogP contribution in [0.25, 0.3) is 0 Å². The molecule has 0 aromatic rings. The van der Waals surface area contributed by atoms with E-state index >= 15 is 0 Å². The molecule has 0 spiro atoms. The highest BCUT2D eigenvalue weighted by atomic mass is 16.5. The molecule has 3 aliphatic rings. The normalized spacial score (nSPS) is 43.9. The highest BCUT2D eigenvalue weighted by Crippen LogP contribution is 2.35. The van der Waals surface area contributed by atoms with Gasteiger partial charge in [-0.1, -0.05) is 0 Å². The van der Waals surface area contributed by atoms with E-state index in [0.29, 0.717) is 12.2 Å². The Hall–Kier alpha value is -0.0800. The Kier molecular flexibility index (Phi) is 2.29. The zero-order valence-electron chi connectivity index (χ0n) is 9.11. The van der Waals surface area contributed by atoms with Gasteiger partial charge in [0.15, 0.2) is 0 Å². The number of fused-ring (bicyclic) bond motifs is 1. The lowest BCUT2D eigenvalue weighted by molar-refractivity contribution is -0.00165. The Balaban J connectivity index is 1.55. The fourth-order valence-corrected chi connectivity index (χ4v) is 3.06. The quantitative estimate of drug-likeness (QED) is 0.667. The van der Waals surface area contributed by atoms with Crippen LogP contribution in [0.5, 0.6) is 0 Å². The Bertz CT molecular complexity index is 214. The van der Waals surface area contributed by atoms with E-state index in [4.69, 9.17) is 4.74 Å². The van der Waals surface area contributed by atoms with Crippen molar-refractivity contribution in [1.82, 2.24) is 4.90 Å². The molecule has 3 rings (SSSR count). The molecule has 0 N–H and O–H groups in total. The first-order chi connectivity index (χ1) is 6.81. The second-order valence-corrected chi connectivity index (χ2v) is 5.47. The predicted octanol–water partition coefficient (Wildman–Crippen LogP) is 1.90. The first kappa shape index (κ1) is 9.17. The van der Waals surface area contributed by atoms with Crippen LogP contribution in [-0.4, -0.2) is 36.7 Å². The summed E-state index contributed by atoms with van der Waals surface area (Å²) in [6.45, 7) is 6.11. The first-order valence-electron chi connectivity index (χ1n) is 6.19. The zero-order chi connectivity index (χ0) is 9.54. The van der Waals surface area contributed by atoms with Gasteiger partial charge in [0.1, 0.15) is 0 Å². The summed E-state index contributed by atoms with van der Waals surface area (Å²) in [6.07, 6.45) is 6.72. The molecule has 2 heterocycles. The number of likely N-dealkylation sites (tertiary alicyclic amines) is 1. The van der Waals surface area contributed by atoms with E-state index in [-0.39, 0.29) is 0 Å². The lowest BCUT2D eigenvalue weighted by Gasteiger charge is -2.34. The fourth-order valence-electron chi connectivity index (χ4n) is 3.06. The third kappa shape index (κ3) is 1.82. The van der Waals surface area contributed by atoms with Gasteiger partial charge < -0.3 is 9.64 Å². The minimum Gasteiger partial charge on any atom is -0.374 e. The molecule has 0 bridgehead atoms. The lowest BCUT2D eigenvalue weighted by atomic mass is 9.92. The van der Waals surface area contributed by atoms with Gasteiger partial charge in [-0.25, -0.2) is 0 Å². The molecule has 0 aromatic carbocycles. The van der Waals surface area contributed by atoms with Crippen LogP contribution in [0, 0.1) is 11.8 Å². The van der Waals surface area contributed by atoms with Gasteiger partial charge in [-0.15, -0.1) is 0 Å². The molecule has 2 nitrogen and oxygen atoms in total. The lowest BCUT2D eigenvalue weighted by Crippen LogP contribution is -2.43. The van der Waals surface area contributed by atoms with Gasteiger partial charge in [-0.2, -0.15) is 0 Å². The number of hydrogen-bond acceptors (Lipinski definition) is 2. The number of hydrogen-bond donors (Lipinski definition) is 0. The van der Waals surface area contributed by atoms with Gasteiger partial charge >= 0.3 is 0 Å². The van der Waals surface area contributed by atoms with E-state index in [2.05, 4.69) is 11.8 Å². The minimum absolute atomic E-state index is 0.519. The van der Waals surface area contributed by atoms with Gasteiger partial charge in [-0.05, 0) is 51.0 Å². The molecule has 0 radical (unpaired) electrons. The molecule has 1 aliphatic carbocycles. The number of ether oxygens (including phenoxy) is 1. The molecule has 14 heavy (non-hydrogen) atoms.